The average Bonchev–Trinajstić information content (AvgIpc) is 3.82. The minimum absolute atomic E-state index is 0.00816. The number of rotatable bonds is 10. The summed E-state index contributed by atoms with van der Waals surface area (Å²) in [5, 5.41) is 33.2. The van der Waals surface area contributed by atoms with E-state index in [1.807, 2.05) is 36.4 Å². The first-order valence-corrected chi connectivity index (χ1v) is 16.7. The number of hydrogen-bond acceptors (Lipinski definition) is 10. The standard InChI is InChI=1S/C36H32Cl2N6O5/c1-48-36-30(18-44-13-11-19(45)17-44)41-16-29(43-36)23-6-2-4-21(32(23)37)22-5-3-7-24(33(22)38)35-42-28-14-25-20(26(15-39)34(28)49-35)8-9-27(25)40-12-10-31(46)47/h2-7,14,16,19,27,40,45H,8-13,17-18H2,1H3,(H,46,47)/t19-,27-/m1/s1. The van der Waals surface area contributed by atoms with Gasteiger partial charge >= 0.3 is 5.97 Å². The normalized spacial score (nSPS) is 17.4. The van der Waals surface area contributed by atoms with Crippen molar-refractivity contribution in [1.29, 1.82) is 5.26 Å². The molecule has 3 heterocycles. The number of hydrogen-bond donors (Lipinski definition) is 3. The van der Waals surface area contributed by atoms with E-state index in [2.05, 4.69) is 21.3 Å². The molecule has 5 aromatic rings. The van der Waals surface area contributed by atoms with Gasteiger partial charge in [-0.05, 0) is 42.5 Å². The molecule has 13 heteroatoms. The fraction of sp³-hybridized carbons (Fsp3) is 0.306. The summed E-state index contributed by atoms with van der Waals surface area (Å²) in [6, 6.07) is 15.2. The summed E-state index contributed by atoms with van der Waals surface area (Å²) >= 11 is 14.1. The number of ether oxygens (including phenoxy) is 1. The summed E-state index contributed by atoms with van der Waals surface area (Å²) in [6.45, 7) is 2.20. The molecule has 0 spiro atoms. The first-order chi connectivity index (χ1) is 23.7. The molecular formula is C36H32Cl2N6O5. The highest BCUT2D eigenvalue weighted by Gasteiger charge is 2.29. The minimum Gasteiger partial charge on any atom is -0.481 e. The number of carboxylic acids is 1. The molecular weight excluding hydrogens is 667 g/mol. The van der Waals surface area contributed by atoms with Gasteiger partial charge in [0.1, 0.15) is 22.8 Å². The number of nitrogens with one attached hydrogen (secondary N) is 1. The number of aliphatic hydroxyl groups is 1. The Kier molecular flexibility index (Phi) is 9.24. The molecule has 0 saturated carbocycles. The number of carboxylic acid groups (broad SMARTS) is 1. The van der Waals surface area contributed by atoms with Gasteiger partial charge in [-0.15, -0.1) is 0 Å². The fourth-order valence-corrected chi connectivity index (χ4v) is 7.39. The Morgan fingerprint density at radius 1 is 1.12 bits per heavy atom. The fourth-order valence-electron chi connectivity index (χ4n) is 6.76. The van der Waals surface area contributed by atoms with E-state index in [1.165, 1.54) is 0 Å². The van der Waals surface area contributed by atoms with E-state index >= 15 is 0 Å². The SMILES string of the molecule is COc1nc(-c2cccc(-c3cccc(-c4nc5cc6c(c(C#N)c5o4)CC[C@H]6NCCC(=O)O)c3Cl)c2Cl)cnc1CN1CC[C@@H](O)C1. The lowest BCUT2D eigenvalue weighted by Gasteiger charge is -2.17. The van der Waals surface area contributed by atoms with E-state index in [9.17, 15) is 15.2 Å². The van der Waals surface area contributed by atoms with Crippen molar-refractivity contribution in [3.05, 3.63) is 81.1 Å². The molecule has 2 aromatic heterocycles. The van der Waals surface area contributed by atoms with Gasteiger partial charge in [-0.2, -0.15) is 5.26 Å². The Balaban J connectivity index is 1.21. The van der Waals surface area contributed by atoms with Crippen molar-refractivity contribution in [2.45, 2.75) is 44.4 Å². The van der Waals surface area contributed by atoms with Crippen LogP contribution in [0, 0.1) is 11.3 Å². The lowest BCUT2D eigenvalue weighted by molar-refractivity contribution is -0.136. The van der Waals surface area contributed by atoms with Crippen LogP contribution in [0.15, 0.2) is 53.1 Å². The van der Waals surface area contributed by atoms with Gasteiger partial charge in [0.2, 0.25) is 11.8 Å². The summed E-state index contributed by atoms with van der Waals surface area (Å²) in [4.78, 5) is 27.3. The van der Waals surface area contributed by atoms with Crippen LogP contribution in [0.3, 0.4) is 0 Å². The number of fused-ring (bicyclic) bond motifs is 2. The van der Waals surface area contributed by atoms with E-state index in [0.29, 0.717) is 92.3 Å². The molecule has 250 valence electrons. The molecule has 49 heavy (non-hydrogen) atoms. The summed E-state index contributed by atoms with van der Waals surface area (Å²) in [5.41, 5.74) is 6.88. The van der Waals surface area contributed by atoms with Crippen molar-refractivity contribution in [3.63, 3.8) is 0 Å². The van der Waals surface area contributed by atoms with Gasteiger partial charge in [0.05, 0.1) is 47.1 Å². The largest absolute Gasteiger partial charge is 0.481 e. The maximum Gasteiger partial charge on any atom is 0.304 e. The average molecular weight is 700 g/mol. The topological polar surface area (TPSA) is 158 Å². The molecule has 0 amide bonds. The Labute approximate surface area is 292 Å². The number of methoxy groups -OCH3 is 1. The third-order valence-corrected chi connectivity index (χ3v) is 9.96. The molecule has 7 rings (SSSR count). The number of nitrogens with zero attached hydrogens (tertiary/aromatic N) is 5. The second-order valence-electron chi connectivity index (χ2n) is 12.2. The molecule has 0 radical (unpaired) electrons. The minimum atomic E-state index is -0.870. The summed E-state index contributed by atoms with van der Waals surface area (Å²) < 4.78 is 11.8. The number of nitriles is 1. The molecule has 1 aliphatic heterocycles. The van der Waals surface area contributed by atoms with Crippen LogP contribution >= 0.6 is 23.2 Å². The van der Waals surface area contributed by atoms with Crippen LogP contribution in [-0.4, -0.2) is 68.9 Å². The van der Waals surface area contributed by atoms with Crippen molar-refractivity contribution in [1.82, 2.24) is 25.2 Å². The van der Waals surface area contributed by atoms with Crippen molar-refractivity contribution < 1.29 is 24.2 Å². The quantitative estimate of drug-likeness (QED) is 0.148. The highest BCUT2D eigenvalue weighted by Crippen LogP contribution is 2.44. The molecule has 2 atom stereocenters. The van der Waals surface area contributed by atoms with E-state index in [0.717, 1.165) is 30.5 Å². The van der Waals surface area contributed by atoms with Crippen LogP contribution in [0.2, 0.25) is 10.0 Å². The molecule has 1 fully saturated rings. The van der Waals surface area contributed by atoms with E-state index in [-0.39, 0.29) is 24.5 Å². The molecule has 3 aromatic carbocycles. The molecule has 1 aliphatic carbocycles. The molecule has 0 bridgehead atoms. The Bertz CT molecular complexity index is 2130. The zero-order valence-electron chi connectivity index (χ0n) is 26.5. The van der Waals surface area contributed by atoms with Gasteiger partial charge in [0.25, 0.3) is 0 Å². The predicted octanol–water partition coefficient (Wildman–Crippen LogP) is 6.42. The zero-order chi connectivity index (χ0) is 34.2. The number of oxazole rings is 1. The smallest absolute Gasteiger partial charge is 0.304 e. The number of benzene rings is 3. The van der Waals surface area contributed by atoms with Crippen molar-refractivity contribution in [2.24, 2.45) is 0 Å². The second kappa shape index (κ2) is 13.7. The third kappa shape index (κ3) is 6.34. The monoisotopic (exact) mass is 698 g/mol. The van der Waals surface area contributed by atoms with Gasteiger partial charge < -0.3 is 24.7 Å². The maximum absolute atomic E-state index is 11.0. The number of β-amino-alcohol motifs (C(OH)–C–C–N with tert-alkyl or cyclic N) is 1. The van der Waals surface area contributed by atoms with Crippen LogP contribution in [0.4, 0.5) is 0 Å². The molecule has 3 N–H and O–H groups in total. The van der Waals surface area contributed by atoms with Gasteiger partial charge in [-0.3, -0.25) is 14.7 Å². The van der Waals surface area contributed by atoms with Crippen LogP contribution in [0.25, 0.3) is 44.9 Å². The highest BCUT2D eigenvalue weighted by molar-refractivity contribution is 6.39. The van der Waals surface area contributed by atoms with Gasteiger partial charge in [-0.1, -0.05) is 53.5 Å². The molecule has 1 saturated heterocycles. The predicted molar refractivity (Wildman–Crippen MR) is 184 cm³/mol. The lowest BCUT2D eigenvalue weighted by Crippen LogP contribution is -2.22. The van der Waals surface area contributed by atoms with E-state index in [4.69, 9.17) is 47.4 Å². The lowest BCUT2D eigenvalue weighted by atomic mass is 9.99. The summed E-state index contributed by atoms with van der Waals surface area (Å²) in [7, 11) is 1.55. The van der Waals surface area contributed by atoms with E-state index in [1.54, 1.807) is 19.4 Å². The van der Waals surface area contributed by atoms with Crippen LogP contribution in [0.1, 0.15) is 47.7 Å². The Hall–Kier alpha value is -4.57. The first-order valence-electron chi connectivity index (χ1n) is 16.0. The van der Waals surface area contributed by atoms with Crippen LogP contribution < -0.4 is 10.1 Å². The number of halogens is 2. The van der Waals surface area contributed by atoms with Crippen molar-refractivity contribution in [2.75, 3.05) is 26.7 Å². The van der Waals surface area contributed by atoms with E-state index < -0.39 is 5.97 Å². The Morgan fingerprint density at radius 3 is 2.55 bits per heavy atom. The molecule has 0 unspecified atom stereocenters. The van der Waals surface area contributed by atoms with Gasteiger partial charge in [0, 0.05) is 48.9 Å². The first kappa shape index (κ1) is 33.0. The third-order valence-electron chi connectivity index (χ3n) is 9.14. The molecule has 2 aliphatic rings. The zero-order valence-corrected chi connectivity index (χ0v) is 28.1. The number of carbonyl (C=O) groups is 1. The highest BCUT2D eigenvalue weighted by atomic mass is 35.5. The van der Waals surface area contributed by atoms with Gasteiger partial charge in [0.15, 0.2) is 5.58 Å². The Morgan fingerprint density at radius 2 is 1.86 bits per heavy atom. The van der Waals surface area contributed by atoms with Gasteiger partial charge in [-0.25, -0.2) is 9.97 Å². The number of aromatic nitrogens is 3. The maximum atomic E-state index is 11.0. The summed E-state index contributed by atoms with van der Waals surface area (Å²) in [5.74, 6) is -0.214. The summed E-state index contributed by atoms with van der Waals surface area (Å²) in [6.07, 6.45) is 3.49. The van der Waals surface area contributed by atoms with Crippen LogP contribution in [-0.2, 0) is 17.8 Å². The number of aliphatic hydroxyl groups excluding tert-OH is 1. The second-order valence-corrected chi connectivity index (χ2v) is 13.0. The number of likely N-dealkylation sites (tertiary alicyclic amines) is 1. The van der Waals surface area contributed by atoms with Crippen molar-refractivity contribution >= 4 is 40.3 Å². The molecule has 11 nitrogen and oxygen atoms in total. The van der Waals surface area contributed by atoms with Crippen LogP contribution in [0.5, 0.6) is 5.88 Å². The van der Waals surface area contributed by atoms with Crippen molar-refractivity contribution in [3.8, 4) is 45.8 Å². The number of aliphatic carboxylic acids is 1.